The van der Waals surface area contributed by atoms with Gasteiger partial charge in [0.05, 0.1) is 5.92 Å². The van der Waals surface area contributed by atoms with E-state index in [1.807, 2.05) is 13.8 Å². The Morgan fingerprint density at radius 3 is 2.53 bits per heavy atom. The molecular formula is C13H19N3O3. The van der Waals surface area contributed by atoms with E-state index in [4.69, 9.17) is 5.11 Å². The average Bonchev–Trinajstić information content (AvgIpc) is 2.87. The lowest BCUT2D eigenvalue weighted by Crippen LogP contribution is -2.40. The van der Waals surface area contributed by atoms with Crippen molar-refractivity contribution in [3.8, 4) is 0 Å². The molecule has 2 heterocycles. The van der Waals surface area contributed by atoms with E-state index in [-0.39, 0.29) is 11.8 Å². The molecule has 2 rings (SSSR count). The van der Waals surface area contributed by atoms with Gasteiger partial charge in [-0.25, -0.2) is 0 Å². The molecule has 0 radical (unpaired) electrons. The van der Waals surface area contributed by atoms with Crippen molar-refractivity contribution in [1.29, 1.82) is 0 Å². The third kappa shape index (κ3) is 2.94. The molecule has 1 aliphatic rings. The van der Waals surface area contributed by atoms with Crippen LogP contribution in [0.1, 0.15) is 48.8 Å². The van der Waals surface area contributed by atoms with E-state index in [2.05, 4.69) is 10.2 Å². The summed E-state index contributed by atoms with van der Waals surface area (Å²) in [5, 5.41) is 15.8. The van der Waals surface area contributed by atoms with Crippen molar-refractivity contribution in [3.05, 3.63) is 17.5 Å². The fourth-order valence-corrected chi connectivity index (χ4v) is 2.23. The number of likely N-dealkylation sites (tertiary alicyclic amines) is 1. The van der Waals surface area contributed by atoms with Crippen molar-refractivity contribution in [1.82, 2.24) is 15.1 Å². The number of rotatable bonds is 3. The molecule has 0 atom stereocenters. The quantitative estimate of drug-likeness (QED) is 0.866. The van der Waals surface area contributed by atoms with Crippen LogP contribution in [0.2, 0.25) is 0 Å². The summed E-state index contributed by atoms with van der Waals surface area (Å²) >= 11 is 0. The highest BCUT2D eigenvalue weighted by atomic mass is 16.4. The topological polar surface area (TPSA) is 86.3 Å². The highest BCUT2D eigenvalue weighted by Gasteiger charge is 2.28. The Kier molecular flexibility index (Phi) is 3.87. The minimum Gasteiger partial charge on any atom is -0.481 e. The van der Waals surface area contributed by atoms with Crippen LogP contribution in [0.4, 0.5) is 0 Å². The number of nitrogens with one attached hydrogen (secondary N) is 1. The number of piperidine rings is 1. The second kappa shape index (κ2) is 5.42. The lowest BCUT2D eigenvalue weighted by atomic mass is 9.97. The number of carbonyl (C=O) groups is 2. The minimum absolute atomic E-state index is 0.119. The molecule has 1 saturated heterocycles. The van der Waals surface area contributed by atoms with Gasteiger partial charge in [0.1, 0.15) is 5.69 Å². The monoisotopic (exact) mass is 265 g/mol. The maximum absolute atomic E-state index is 12.2. The van der Waals surface area contributed by atoms with Crippen molar-refractivity contribution >= 4 is 11.9 Å². The zero-order valence-electron chi connectivity index (χ0n) is 11.2. The van der Waals surface area contributed by atoms with E-state index in [1.54, 1.807) is 11.0 Å². The number of hydrogen-bond acceptors (Lipinski definition) is 3. The first kappa shape index (κ1) is 13.6. The molecular weight excluding hydrogens is 246 g/mol. The second-order valence-electron chi connectivity index (χ2n) is 5.27. The molecule has 0 aromatic carbocycles. The number of aliphatic carboxylic acids is 1. The Morgan fingerprint density at radius 1 is 1.42 bits per heavy atom. The summed E-state index contributed by atoms with van der Waals surface area (Å²) in [7, 11) is 0. The molecule has 0 saturated carbocycles. The summed E-state index contributed by atoms with van der Waals surface area (Å²) in [6, 6.07) is 1.77. The molecule has 0 aliphatic carbocycles. The standard InChI is InChI=1S/C13H19N3O3/c1-8(2)10-7-11(15-14-10)12(17)16-5-3-9(4-6-16)13(18)19/h7-9H,3-6H2,1-2H3,(H,14,15)(H,18,19). The molecule has 19 heavy (non-hydrogen) atoms. The molecule has 6 nitrogen and oxygen atoms in total. The van der Waals surface area contributed by atoms with Gasteiger partial charge in [0.2, 0.25) is 0 Å². The lowest BCUT2D eigenvalue weighted by molar-refractivity contribution is -0.143. The highest BCUT2D eigenvalue weighted by molar-refractivity contribution is 5.92. The van der Waals surface area contributed by atoms with Gasteiger partial charge in [-0.1, -0.05) is 13.8 Å². The van der Waals surface area contributed by atoms with E-state index >= 15 is 0 Å². The van der Waals surface area contributed by atoms with Gasteiger partial charge in [-0.05, 0) is 24.8 Å². The van der Waals surface area contributed by atoms with Gasteiger partial charge in [0.25, 0.3) is 5.91 Å². The molecule has 0 unspecified atom stereocenters. The van der Waals surface area contributed by atoms with Crippen LogP contribution >= 0.6 is 0 Å². The average molecular weight is 265 g/mol. The van der Waals surface area contributed by atoms with Crippen molar-refractivity contribution < 1.29 is 14.7 Å². The van der Waals surface area contributed by atoms with Gasteiger partial charge in [-0.15, -0.1) is 0 Å². The number of carbonyl (C=O) groups excluding carboxylic acids is 1. The number of amides is 1. The van der Waals surface area contributed by atoms with Gasteiger partial charge in [0, 0.05) is 18.8 Å². The summed E-state index contributed by atoms with van der Waals surface area (Å²) in [6.45, 7) is 5.03. The summed E-state index contributed by atoms with van der Waals surface area (Å²) < 4.78 is 0. The van der Waals surface area contributed by atoms with E-state index in [0.29, 0.717) is 37.5 Å². The first-order valence-electron chi connectivity index (χ1n) is 6.56. The van der Waals surface area contributed by atoms with Crippen LogP contribution in [0, 0.1) is 5.92 Å². The molecule has 6 heteroatoms. The predicted octanol–water partition coefficient (Wildman–Crippen LogP) is 1.47. The Labute approximate surface area is 111 Å². The first-order chi connectivity index (χ1) is 8.99. The minimum atomic E-state index is -0.769. The summed E-state index contributed by atoms with van der Waals surface area (Å²) in [6.07, 6.45) is 1.03. The van der Waals surface area contributed by atoms with E-state index in [1.165, 1.54) is 0 Å². The van der Waals surface area contributed by atoms with Gasteiger partial charge < -0.3 is 10.0 Å². The number of H-pyrrole nitrogens is 1. The smallest absolute Gasteiger partial charge is 0.306 e. The number of nitrogens with zero attached hydrogens (tertiary/aromatic N) is 2. The van der Waals surface area contributed by atoms with E-state index in [0.717, 1.165) is 5.69 Å². The van der Waals surface area contributed by atoms with Gasteiger partial charge in [-0.3, -0.25) is 14.7 Å². The molecule has 1 aromatic rings. The largest absolute Gasteiger partial charge is 0.481 e. The summed E-state index contributed by atoms with van der Waals surface area (Å²) in [4.78, 5) is 24.7. The van der Waals surface area contributed by atoms with Gasteiger partial charge >= 0.3 is 5.97 Å². The Balaban J connectivity index is 1.99. The number of aromatic nitrogens is 2. The zero-order valence-corrected chi connectivity index (χ0v) is 11.2. The van der Waals surface area contributed by atoms with Crippen LogP contribution in [0.25, 0.3) is 0 Å². The maximum atomic E-state index is 12.2. The lowest BCUT2D eigenvalue weighted by Gasteiger charge is -2.29. The van der Waals surface area contributed by atoms with E-state index in [9.17, 15) is 9.59 Å². The molecule has 104 valence electrons. The Morgan fingerprint density at radius 2 is 2.05 bits per heavy atom. The summed E-state index contributed by atoms with van der Waals surface area (Å²) in [5.74, 6) is -0.915. The van der Waals surface area contributed by atoms with Crippen molar-refractivity contribution in [2.75, 3.05) is 13.1 Å². The molecule has 1 aromatic heterocycles. The van der Waals surface area contributed by atoms with Crippen molar-refractivity contribution in [2.45, 2.75) is 32.6 Å². The van der Waals surface area contributed by atoms with Crippen molar-refractivity contribution in [3.63, 3.8) is 0 Å². The maximum Gasteiger partial charge on any atom is 0.306 e. The molecule has 0 bridgehead atoms. The Hall–Kier alpha value is -1.85. The van der Waals surface area contributed by atoms with Crippen LogP contribution < -0.4 is 0 Å². The highest BCUT2D eigenvalue weighted by Crippen LogP contribution is 2.20. The molecule has 1 aliphatic heterocycles. The van der Waals surface area contributed by atoms with Gasteiger partial charge in [0.15, 0.2) is 0 Å². The third-order valence-corrected chi connectivity index (χ3v) is 3.57. The van der Waals surface area contributed by atoms with Crippen LogP contribution in [0.3, 0.4) is 0 Å². The predicted molar refractivity (Wildman–Crippen MR) is 68.9 cm³/mol. The molecule has 0 spiro atoms. The molecule has 2 N–H and O–H groups in total. The Bertz CT molecular complexity index is 473. The van der Waals surface area contributed by atoms with Gasteiger partial charge in [-0.2, -0.15) is 5.10 Å². The van der Waals surface area contributed by atoms with E-state index < -0.39 is 5.97 Å². The fraction of sp³-hybridized carbons (Fsp3) is 0.615. The SMILES string of the molecule is CC(C)c1cc(C(=O)N2CCC(C(=O)O)CC2)n[nH]1. The number of carboxylic acid groups (broad SMARTS) is 1. The number of hydrogen-bond donors (Lipinski definition) is 2. The first-order valence-corrected chi connectivity index (χ1v) is 6.56. The normalized spacial score (nSPS) is 16.9. The van der Waals surface area contributed by atoms with Crippen LogP contribution in [-0.2, 0) is 4.79 Å². The fourth-order valence-electron chi connectivity index (χ4n) is 2.23. The zero-order chi connectivity index (χ0) is 14.0. The van der Waals surface area contributed by atoms with Crippen LogP contribution in [0.15, 0.2) is 6.07 Å². The van der Waals surface area contributed by atoms with Crippen LogP contribution in [-0.4, -0.2) is 45.2 Å². The molecule has 1 fully saturated rings. The van der Waals surface area contributed by atoms with Crippen molar-refractivity contribution in [2.24, 2.45) is 5.92 Å². The van der Waals surface area contributed by atoms with Crippen LogP contribution in [0.5, 0.6) is 0 Å². The summed E-state index contributed by atoms with van der Waals surface area (Å²) in [5.41, 5.74) is 1.35. The molecule has 1 amide bonds. The number of aromatic amines is 1. The number of carboxylic acids is 1. The second-order valence-corrected chi connectivity index (χ2v) is 5.27. The third-order valence-electron chi connectivity index (χ3n) is 3.57.